The third-order valence-electron chi connectivity index (χ3n) is 4.23. The molecule has 0 atom stereocenters. The summed E-state index contributed by atoms with van der Waals surface area (Å²) in [6.07, 6.45) is 5.44. The SMILES string of the molecule is Cc1oc(C)c(C(=O)NC2(CCl)CCCCC2)c1C. The summed E-state index contributed by atoms with van der Waals surface area (Å²) in [5, 5.41) is 3.16. The van der Waals surface area contributed by atoms with Gasteiger partial charge in [-0.1, -0.05) is 19.3 Å². The Kier molecular flexibility index (Phi) is 4.24. The fraction of sp³-hybridized carbons (Fsp3) is 0.667. The van der Waals surface area contributed by atoms with Crippen molar-refractivity contribution >= 4 is 17.5 Å². The lowest BCUT2D eigenvalue weighted by Crippen LogP contribution is -2.51. The number of furan rings is 1. The second kappa shape index (κ2) is 5.58. The van der Waals surface area contributed by atoms with E-state index in [2.05, 4.69) is 5.32 Å². The van der Waals surface area contributed by atoms with Crippen molar-refractivity contribution in [3.05, 3.63) is 22.6 Å². The molecule has 4 heteroatoms. The van der Waals surface area contributed by atoms with Crippen LogP contribution in [0.15, 0.2) is 4.42 Å². The lowest BCUT2D eigenvalue weighted by molar-refractivity contribution is 0.0882. The van der Waals surface area contributed by atoms with Gasteiger partial charge in [-0.3, -0.25) is 4.79 Å². The molecule has 106 valence electrons. The van der Waals surface area contributed by atoms with Crippen LogP contribution in [0.4, 0.5) is 0 Å². The average molecular weight is 284 g/mol. The van der Waals surface area contributed by atoms with Gasteiger partial charge in [-0.2, -0.15) is 0 Å². The summed E-state index contributed by atoms with van der Waals surface area (Å²) < 4.78 is 5.53. The fourth-order valence-electron chi connectivity index (χ4n) is 2.95. The van der Waals surface area contributed by atoms with Crippen LogP contribution in [0.2, 0.25) is 0 Å². The van der Waals surface area contributed by atoms with Gasteiger partial charge in [0.15, 0.2) is 0 Å². The first kappa shape index (κ1) is 14.4. The van der Waals surface area contributed by atoms with Crippen molar-refractivity contribution in [2.24, 2.45) is 0 Å². The van der Waals surface area contributed by atoms with Crippen molar-refractivity contribution in [1.82, 2.24) is 5.32 Å². The highest BCUT2D eigenvalue weighted by Crippen LogP contribution is 2.30. The Labute approximate surface area is 119 Å². The van der Waals surface area contributed by atoms with E-state index in [0.717, 1.165) is 37.0 Å². The number of aryl methyl sites for hydroxylation is 2. The molecule has 1 aliphatic rings. The smallest absolute Gasteiger partial charge is 0.255 e. The molecule has 1 aromatic heterocycles. The van der Waals surface area contributed by atoms with Gasteiger partial charge < -0.3 is 9.73 Å². The zero-order chi connectivity index (χ0) is 14.0. The molecule has 0 radical (unpaired) electrons. The highest BCUT2D eigenvalue weighted by Gasteiger charge is 2.34. The molecule has 0 saturated heterocycles. The maximum atomic E-state index is 12.5. The van der Waals surface area contributed by atoms with Gasteiger partial charge in [-0.15, -0.1) is 11.6 Å². The molecule has 0 bridgehead atoms. The number of nitrogens with one attached hydrogen (secondary N) is 1. The van der Waals surface area contributed by atoms with E-state index in [4.69, 9.17) is 16.0 Å². The minimum absolute atomic E-state index is 0.0469. The van der Waals surface area contributed by atoms with Crippen LogP contribution in [0, 0.1) is 20.8 Å². The number of alkyl halides is 1. The van der Waals surface area contributed by atoms with Gasteiger partial charge in [0.2, 0.25) is 0 Å². The van der Waals surface area contributed by atoms with Crippen LogP contribution in [-0.4, -0.2) is 17.3 Å². The third kappa shape index (κ3) is 2.81. The van der Waals surface area contributed by atoms with Crippen LogP contribution >= 0.6 is 11.6 Å². The molecule has 1 aromatic rings. The maximum Gasteiger partial charge on any atom is 0.255 e. The van der Waals surface area contributed by atoms with Gasteiger partial charge in [0.25, 0.3) is 5.91 Å². The van der Waals surface area contributed by atoms with E-state index in [1.165, 1.54) is 6.42 Å². The number of hydrogen-bond acceptors (Lipinski definition) is 2. The zero-order valence-electron chi connectivity index (χ0n) is 11.9. The average Bonchev–Trinajstić information content (AvgIpc) is 2.64. The number of halogens is 1. The Morgan fingerprint density at radius 3 is 2.32 bits per heavy atom. The van der Waals surface area contributed by atoms with E-state index in [-0.39, 0.29) is 11.4 Å². The summed E-state index contributed by atoms with van der Waals surface area (Å²) in [5.74, 6) is 1.93. The van der Waals surface area contributed by atoms with Gasteiger partial charge in [0.1, 0.15) is 11.5 Å². The van der Waals surface area contributed by atoms with Crippen molar-refractivity contribution in [3.8, 4) is 0 Å². The van der Waals surface area contributed by atoms with E-state index in [1.807, 2.05) is 20.8 Å². The summed E-state index contributed by atoms with van der Waals surface area (Å²) in [5.41, 5.74) is 1.36. The molecule has 1 heterocycles. The molecule has 19 heavy (non-hydrogen) atoms. The number of carbonyl (C=O) groups is 1. The topological polar surface area (TPSA) is 42.2 Å². The summed E-state index contributed by atoms with van der Waals surface area (Å²) in [7, 11) is 0. The Morgan fingerprint density at radius 2 is 1.84 bits per heavy atom. The predicted octanol–water partition coefficient (Wildman–Crippen LogP) is 3.88. The third-order valence-corrected chi connectivity index (χ3v) is 4.75. The van der Waals surface area contributed by atoms with E-state index in [0.29, 0.717) is 17.2 Å². The second-order valence-corrected chi connectivity index (χ2v) is 5.91. The zero-order valence-corrected chi connectivity index (χ0v) is 12.7. The first-order chi connectivity index (χ1) is 8.99. The first-order valence-corrected chi connectivity index (χ1v) is 7.47. The fourth-order valence-corrected chi connectivity index (χ4v) is 3.29. The lowest BCUT2D eigenvalue weighted by Gasteiger charge is -2.36. The van der Waals surface area contributed by atoms with E-state index < -0.39 is 0 Å². The summed E-state index contributed by atoms with van der Waals surface area (Å²) >= 11 is 6.12. The monoisotopic (exact) mass is 283 g/mol. The standard InChI is InChI=1S/C15H22ClNO2/c1-10-11(2)19-12(3)13(10)14(18)17-15(9-16)7-5-4-6-8-15/h4-9H2,1-3H3,(H,17,18). The molecule has 2 rings (SSSR count). The molecule has 3 nitrogen and oxygen atoms in total. The molecule has 1 saturated carbocycles. The van der Waals surface area contributed by atoms with Gasteiger partial charge in [-0.25, -0.2) is 0 Å². The van der Waals surface area contributed by atoms with Gasteiger partial charge in [0, 0.05) is 11.4 Å². The quantitative estimate of drug-likeness (QED) is 0.856. The highest BCUT2D eigenvalue weighted by atomic mass is 35.5. The maximum absolute atomic E-state index is 12.5. The number of rotatable bonds is 3. The molecule has 0 aromatic carbocycles. The van der Waals surface area contributed by atoms with Crippen molar-refractivity contribution in [3.63, 3.8) is 0 Å². The predicted molar refractivity (Wildman–Crippen MR) is 76.9 cm³/mol. The van der Waals surface area contributed by atoms with Crippen molar-refractivity contribution in [2.75, 3.05) is 5.88 Å². The minimum Gasteiger partial charge on any atom is -0.466 e. The largest absolute Gasteiger partial charge is 0.466 e. The molecular formula is C15H22ClNO2. The number of amides is 1. The molecule has 1 amide bonds. The normalized spacial score (nSPS) is 18.3. The van der Waals surface area contributed by atoms with Crippen molar-refractivity contribution in [2.45, 2.75) is 58.4 Å². The van der Waals surface area contributed by atoms with Gasteiger partial charge in [0.05, 0.1) is 11.1 Å². The summed E-state index contributed by atoms with van der Waals surface area (Å²) in [4.78, 5) is 12.5. The Morgan fingerprint density at radius 1 is 1.21 bits per heavy atom. The molecule has 1 fully saturated rings. The number of carbonyl (C=O) groups excluding carboxylic acids is 1. The van der Waals surface area contributed by atoms with E-state index in [9.17, 15) is 4.79 Å². The Bertz CT molecular complexity index is 473. The Hall–Kier alpha value is -0.960. The summed E-state index contributed by atoms with van der Waals surface area (Å²) in [6, 6.07) is 0. The Balaban J connectivity index is 2.20. The summed E-state index contributed by atoms with van der Waals surface area (Å²) in [6.45, 7) is 5.65. The van der Waals surface area contributed by atoms with Crippen LogP contribution < -0.4 is 5.32 Å². The molecule has 0 aliphatic heterocycles. The van der Waals surface area contributed by atoms with Gasteiger partial charge >= 0.3 is 0 Å². The van der Waals surface area contributed by atoms with Crippen LogP contribution in [0.25, 0.3) is 0 Å². The van der Waals surface area contributed by atoms with Gasteiger partial charge in [-0.05, 0) is 33.6 Å². The van der Waals surface area contributed by atoms with Crippen LogP contribution in [0.1, 0.15) is 59.5 Å². The molecule has 0 unspecified atom stereocenters. The minimum atomic E-state index is -0.235. The lowest BCUT2D eigenvalue weighted by atomic mass is 9.83. The molecule has 1 aliphatic carbocycles. The van der Waals surface area contributed by atoms with Crippen LogP contribution in [0.5, 0.6) is 0 Å². The first-order valence-electron chi connectivity index (χ1n) is 6.94. The second-order valence-electron chi connectivity index (χ2n) is 5.64. The van der Waals surface area contributed by atoms with Crippen molar-refractivity contribution in [1.29, 1.82) is 0 Å². The van der Waals surface area contributed by atoms with Crippen LogP contribution in [0.3, 0.4) is 0 Å². The van der Waals surface area contributed by atoms with E-state index >= 15 is 0 Å². The van der Waals surface area contributed by atoms with Crippen molar-refractivity contribution < 1.29 is 9.21 Å². The van der Waals surface area contributed by atoms with Crippen LogP contribution in [-0.2, 0) is 0 Å². The molecular weight excluding hydrogens is 262 g/mol. The number of hydrogen-bond donors (Lipinski definition) is 1. The van der Waals surface area contributed by atoms with E-state index in [1.54, 1.807) is 0 Å². The molecule has 1 N–H and O–H groups in total. The highest BCUT2D eigenvalue weighted by molar-refractivity contribution is 6.19. The molecule has 0 spiro atoms.